The molecule has 1 unspecified atom stereocenters. The van der Waals surface area contributed by atoms with Crippen LogP contribution in [0.15, 0.2) is 30.3 Å². The van der Waals surface area contributed by atoms with Crippen molar-refractivity contribution in [3.05, 3.63) is 52.3 Å². The molecule has 1 heterocycles. The number of amides is 2. The number of fused-ring (bicyclic) bond motifs is 1. The minimum absolute atomic E-state index is 0.0120. The van der Waals surface area contributed by atoms with E-state index >= 15 is 0 Å². The molecule has 0 bridgehead atoms. The molecule has 2 aromatic carbocycles. The third-order valence-electron chi connectivity index (χ3n) is 7.25. The van der Waals surface area contributed by atoms with E-state index in [1.54, 1.807) is 14.2 Å². The standard InChI is InChI=1S/C27H36ClFN4O3/c1-31-11-13-32(14-12-31)9-4-10-33(27(34)30-21-6-8-24(29)23(28)18-21)22-7-5-19-16-25(35-2)26(36-3)17-20(19)15-22/h6,8,16-18,22H,4-5,7,9-15H2,1-3H3,(H,30,34). The number of likely N-dealkylation sites (N-methyl/N-ethyl adjacent to an activating group) is 1. The molecule has 7 nitrogen and oxygen atoms in total. The summed E-state index contributed by atoms with van der Waals surface area (Å²) >= 11 is 5.94. The Balaban J connectivity index is 1.48. The summed E-state index contributed by atoms with van der Waals surface area (Å²) in [7, 11) is 5.43. The van der Waals surface area contributed by atoms with Gasteiger partial charge < -0.3 is 29.5 Å². The van der Waals surface area contributed by atoms with Gasteiger partial charge in [0.05, 0.1) is 19.2 Å². The van der Waals surface area contributed by atoms with Gasteiger partial charge in [-0.15, -0.1) is 0 Å². The van der Waals surface area contributed by atoms with Gasteiger partial charge in [-0.25, -0.2) is 9.18 Å². The number of methoxy groups -OCH3 is 2. The normalized spacial score (nSPS) is 18.4. The average Bonchev–Trinajstić information content (AvgIpc) is 2.88. The zero-order valence-electron chi connectivity index (χ0n) is 21.4. The molecule has 0 spiro atoms. The summed E-state index contributed by atoms with van der Waals surface area (Å²) in [5.74, 6) is 0.917. The number of carbonyl (C=O) groups excluding carboxylic acids is 1. The predicted octanol–water partition coefficient (Wildman–Crippen LogP) is 4.53. The first kappa shape index (κ1) is 26.5. The Labute approximate surface area is 218 Å². The second-order valence-corrected chi connectivity index (χ2v) is 10.0. The van der Waals surface area contributed by atoms with Crippen molar-refractivity contribution >= 4 is 23.3 Å². The molecule has 196 valence electrons. The molecule has 2 amide bonds. The SMILES string of the molecule is COc1cc2c(cc1OC)CC(N(CCCN1CCN(C)CC1)C(=O)Nc1ccc(F)c(Cl)c1)CC2. The van der Waals surface area contributed by atoms with Crippen LogP contribution in [-0.2, 0) is 12.8 Å². The minimum Gasteiger partial charge on any atom is -0.493 e. The van der Waals surface area contributed by atoms with Gasteiger partial charge in [-0.05, 0) is 80.7 Å². The van der Waals surface area contributed by atoms with Gasteiger partial charge in [0.1, 0.15) is 5.82 Å². The van der Waals surface area contributed by atoms with Gasteiger partial charge in [0.25, 0.3) is 0 Å². The number of nitrogens with zero attached hydrogens (tertiary/aromatic N) is 3. The summed E-state index contributed by atoms with van der Waals surface area (Å²) in [5, 5.41) is 2.93. The van der Waals surface area contributed by atoms with Crippen molar-refractivity contribution in [3.8, 4) is 11.5 Å². The maximum absolute atomic E-state index is 13.6. The molecule has 0 saturated carbocycles. The van der Waals surface area contributed by atoms with E-state index in [0.717, 1.165) is 64.2 Å². The molecule has 0 aromatic heterocycles. The van der Waals surface area contributed by atoms with Crippen LogP contribution in [0.1, 0.15) is 24.0 Å². The number of ether oxygens (including phenoxy) is 2. The number of piperazine rings is 1. The molecule has 1 fully saturated rings. The zero-order valence-corrected chi connectivity index (χ0v) is 22.1. The van der Waals surface area contributed by atoms with E-state index in [1.165, 1.54) is 29.3 Å². The van der Waals surface area contributed by atoms with Gasteiger partial charge in [0, 0.05) is 44.5 Å². The zero-order chi connectivity index (χ0) is 25.7. The van der Waals surface area contributed by atoms with Crippen molar-refractivity contribution in [3.63, 3.8) is 0 Å². The first-order chi connectivity index (χ1) is 17.4. The number of nitrogens with one attached hydrogen (secondary N) is 1. The lowest BCUT2D eigenvalue weighted by Gasteiger charge is -2.37. The van der Waals surface area contributed by atoms with E-state index in [9.17, 15) is 9.18 Å². The maximum Gasteiger partial charge on any atom is 0.322 e. The first-order valence-electron chi connectivity index (χ1n) is 12.5. The van der Waals surface area contributed by atoms with Crippen LogP contribution >= 0.6 is 11.6 Å². The Kier molecular flexibility index (Phi) is 8.93. The number of hydrogen-bond donors (Lipinski definition) is 1. The Morgan fingerprint density at radius 1 is 1.11 bits per heavy atom. The molecule has 2 aliphatic rings. The Bertz CT molecular complexity index is 1060. The third-order valence-corrected chi connectivity index (χ3v) is 7.54. The van der Waals surface area contributed by atoms with E-state index < -0.39 is 5.82 Å². The molecule has 1 N–H and O–H groups in total. The van der Waals surface area contributed by atoms with Gasteiger partial charge in [0.15, 0.2) is 11.5 Å². The molecule has 1 atom stereocenters. The highest BCUT2D eigenvalue weighted by molar-refractivity contribution is 6.31. The fraction of sp³-hybridized carbons (Fsp3) is 0.519. The van der Waals surface area contributed by atoms with Crippen LogP contribution in [0.2, 0.25) is 5.02 Å². The largest absolute Gasteiger partial charge is 0.493 e. The molecule has 4 rings (SSSR count). The number of benzene rings is 2. The lowest BCUT2D eigenvalue weighted by molar-refractivity contribution is 0.140. The van der Waals surface area contributed by atoms with E-state index in [2.05, 4.69) is 22.2 Å². The van der Waals surface area contributed by atoms with E-state index in [1.807, 2.05) is 17.0 Å². The molecule has 0 radical (unpaired) electrons. The van der Waals surface area contributed by atoms with Crippen LogP contribution in [0.4, 0.5) is 14.9 Å². The van der Waals surface area contributed by atoms with Crippen molar-refractivity contribution in [2.24, 2.45) is 0 Å². The molecular formula is C27H36ClFN4O3. The highest BCUT2D eigenvalue weighted by Gasteiger charge is 2.29. The lowest BCUT2D eigenvalue weighted by Crippen LogP contribution is -2.48. The van der Waals surface area contributed by atoms with Gasteiger partial charge in [-0.3, -0.25) is 0 Å². The van der Waals surface area contributed by atoms with Gasteiger partial charge in [0.2, 0.25) is 0 Å². The monoisotopic (exact) mass is 518 g/mol. The fourth-order valence-electron chi connectivity index (χ4n) is 5.09. The van der Waals surface area contributed by atoms with Crippen molar-refractivity contribution in [2.45, 2.75) is 31.7 Å². The molecule has 1 aliphatic carbocycles. The Morgan fingerprint density at radius 2 is 1.81 bits per heavy atom. The number of urea groups is 1. The number of rotatable bonds is 8. The predicted molar refractivity (Wildman–Crippen MR) is 141 cm³/mol. The molecule has 9 heteroatoms. The summed E-state index contributed by atoms with van der Waals surface area (Å²) in [6.45, 7) is 5.83. The number of anilines is 1. The topological polar surface area (TPSA) is 57.3 Å². The van der Waals surface area contributed by atoms with Crippen LogP contribution in [0, 0.1) is 5.82 Å². The average molecular weight is 519 g/mol. The third kappa shape index (κ3) is 6.41. The quantitative estimate of drug-likeness (QED) is 0.556. The molecule has 2 aromatic rings. The number of carbonyl (C=O) groups is 1. The van der Waals surface area contributed by atoms with Crippen LogP contribution in [0.25, 0.3) is 0 Å². The summed E-state index contributed by atoms with van der Waals surface area (Å²) in [5.41, 5.74) is 2.88. The van der Waals surface area contributed by atoms with E-state index in [0.29, 0.717) is 18.0 Å². The molecule has 36 heavy (non-hydrogen) atoms. The highest BCUT2D eigenvalue weighted by atomic mass is 35.5. The smallest absolute Gasteiger partial charge is 0.322 e. The molecule has 1 aliphatic heterocycles. The molecule has 1 saturated heterocycles. The van der Waals surface area contributed by atoms with Crippen molar-refractivity contribution in [1.29, 1.82) is 0 Å². The van der Waals surface area contributed by atoms with Crippen LogP contribution in [-0.4, -0.2) is 87.3 Å². The maximum atomic E-state index is 13.6. The van der Waals surface area contributed by atoms with Crippen LogP contribution in [0.5, 0.6) is 11.5 Å². The van der Waals surface area contributed by atoms with Crippen LogP contribution in [0.3, 0.4) is 0 Å². The summed E-state index contributed by atoms with van der Waals surface area (Å²) in [4.78, 5) is 20.2. The van der Waals surface area contributed by atoms with Gasteiger partial charge in [-0.2, -0.15) is 0 Å². The van der Waals surface area contributed by atoms with Gasteiger partial charge in [-0.1, -0.05) is 11.6 Å². The van der Waals surface area contributed by atoms with E-state index in [4.69, 9.17) is 21.1 Å². The van der Waals surface area contributed by atoms with Crippen LogP contribution < -0.4 is 14.8 Å². The van der Waals surface area contributed by atoms with Gasteiger partial charge >= 0.3 is 6.03 Å². The van der Waals surface area contributed by atoms with Crippen molar-refractivity contribution in [1.82, 2.24) is 14.7 Å². The summed E-state index contributed by atoms with van der Waals surface area (Å²) < 4.78 is 24.6. The van der Waals surface area contributed by atoms with Crippen molar-refractivity contribution < 1.29 is 18.7 Å². The number of aryl methyl sites for hydroxylation is 1. The Morgan fingerprint density at radius 3 is 2.47 bits per heavy atom. The number of halogens is 2. The molecular weight excluding hydrogens is 483 g/mol. The van der Waals surface area contributed by atoms with Crippen molar-refractivity contribution in [2.75, 3.05) is 65.9 Å². The second-order valence-electron chi connectivity index (χ2n) is 9.62. The summed E-state index contributed by atoms with van der Waals surface area (Å²) in [6.07, 6.45) is 3.33. The fourth-order valence-corrected chi connectivity index (χ4v) is 5.27. The second kappa shape index (κ2) is 12.1. The first-order valence-corrected chi connectivity index (χ1v) is 12.9. The Hall–Kier alpha value is -2.55. The van der Waals surface area contributed by atoms with E-state index in [-0.39, 0.29) is 17.1 Å². The highest BCUT2D eigenvalue weighted by Crippen LogP contribution is 2.35. The summed E-state index contributed by atoms with van der Waals surface area (Å²) in [6, 6.07) is 8.18. The minimum atomic E-state index is -0.507. The lowest BCUT2D eigenvalue weighted by atomic mass is 9.87. The number of hydrogen-bond acceptors (Lipinski definition) is 5.